The minimum absolute atomic E-state index is 0.159. The summed E-state index contributed by atoms with van der Waals surface area (Å²) in [5, 5.41) is 0. The third-order valence-corrected chi connectivity index (χ3v) is 2.76. The average molecular weight is 203 g/mol. The number of hydrogen-bond donors (Lipinski definition) is 0. The molecule has 0 N–H and O–H groups in total. The van der Waals surface area contributed by atoms with E-state index in [-0.39, 0.29) is 11.8 Å². The summed E-state index contributed by atoms with van der Waals surface area (Å²) in [4.78, 5) is 24.8. The van der Waals surface area contributed by atoms with Gasteiger partial charge < -0.3 is 0 Å². The van der Waals surface area contributed by atoms with E-state index in [4.69, 9.17) is 0 Å². The monoisotopic (exact) mass is 203 g/mol. The Labute approximate surface area is 88.7 Å². The van der Waals surface area contributed by atoms with Crippen LogP contribution < -0.4 is 0 Å². The fourth-order valence-electron chi connectivity index (χ4n) is 1.84. The first-order chi connectivity index (χ1) is 7.19. The standard InChI is InChI=1S/C12H13NO2/c1-3-8-5-6-9-10(7-8)12(15)13(4-2)11(9)14/h5-7H,3-4H2,1-2H3. The van der Waals surface area contributed by atoms with E-state index < -0.39 is 0 Å². The van der Waals surface area contributed by atoms with E-state index in [9.17, 15) is 9.59 Å². The van der Waals surface area contributed by atoms with Crippen molar-refractivity contribution in [3.8, 4) is 0 Å². The van der Waals surface area contributed by atoms with Crippen LogP contribution in [0.1, 0.15) is 40.1 Å². The van der Waals surface area contributed by atoms with Crippen molar-refractivity contribution in [2.24, 2.45) is 0 Å². The number of aryl methyl sites for hydroxylation is 1. The number of carbonyl (C=O) groups is 2. The van der Waals surface area contributed by atoms with Gasteiger partial charge in [-0.3, -0.25) is 14.5 Å². The zero-order valence-electron chi connectivity index (χ0n) is 8.91. The summed E-state index contributed by atoms with van der Waals surface area (Å²) >= 11 is 0. The zero-order chi connectivity index (χ0) is 11.0. The van der Waals surface area contributed by atoms with Gasteiger partial charge in [0, 0.05) is 6.54 Å². The fourth-order valence-corrected chi connectivity index (χ4v) is 1.84. The third kappa shape index (κ3) is 1.35. The second-order valence-electron chi connectivity index (χ2n) is 3.59. The molecule has 1 aliphatic heterocycles. The van der Waals surface area contributed by atoms with Gasteiger partial charge in [0.25, 0.3) is 11.8 Å². The smallest absolute Gasteiger partial charge is 0.261 e. The van der Waals surface area contributed by atoms with Crippen molar-refractivity contribution >= 4 is 11.8 Å². The number of benzene rings is 1. The highest BCUT2D eigenvalue weighted by Crippen LogP contribution is 2.23. The molecule has 0 saturated carbocycles. The SMILES string of the molecule is CCc1ccc2c(c1)C(=O)N(CC)C2=O. The molecule has 3 heteroatoms. The minimum atomic E-state index is -0.167. The van der Waals surface area contributed by atoms with Crippen LogP contribution in [0.3, 0.4) is 0 Å². The summed E-state index contributed by atoms with van der Waals surface area (Å²) in [6.45, 7) is 4.27. The largest absolute Gasteiger partial charge is 0.275 e. The molecule has 78 valence electrons. The van der Waals surface area contributed by atoms with Gasteiger partial charge in [-0.15, -0.1) is 0 Å². The second-order valence-corrected chi connectivity index (χ2v) is 3.59. The minimum Gasteiger partial charge on any atom is -0.275 e. The molecule has 0 bridgehead atoms. The fraction of sp³-hybridized carbons (Fsp3) is 0.333. The lowest BCUT2D eigenvalue weighted by Gasteiger charge is -2.08. The van der Waals surface area contributed by atoms with Gasteiger partial charge >= 0.3 is 0 Å². The Balaban J connectivity index is 2.53. The summed E-state index contributed by atoms with van der Waals surface area (Å²) in [5.74, 6) is -0.326. The lowest BCUT2D eigenvalue weighted by molar-refractivity contribution is 0.0663. The Bertz CT molecular complexity index is 437. The molecule has 15 heavy (non-hydrogen) atoms. The molecule has 0 atom stereocenters. The van der Waals surface area contributed by atoms with Crippen LogP contribution >= 0.6 is 0 Å². The highest BCUT2D eigenvalue weighted by molar-refractivity contribution is 6.21. The van der Waals surface area contributed by atoms with Crippen LogP contribution in [0.15, 0.2) is 18.2 Å². The molecule has 1 heterocycles. The van der Waals surface area contributed by atoms with Gasteiger partial charge in [-0.05, 0) is 31.0 Å². The Morgan fingerprint density at radius 1 is 1.07 bits per heavy atom. The van der Waals surface area contributed by atoms with E-state index in [2.05, 4.69) is 0 Å². The van der Waals surface area contributed by atoms with Crippen LogP contribution in [0, 0.1) is 0 Å². The quantitative estimate of drug-likeness (QED) is 0.688. The summed E-state index contributed by atoms with van der Waals surface area (Å²) < 4.78 is 0. The highest BCUT2D eigenvalue weighted by atomic mass is 16.2. The van der Waals surface area contributed by atoms with Crippen LogP contribution in [0.5, 0.6) is 0 Å². The van der Waals surface area contributed by atoms with Crippen molar-refractivity contribution in [1.29, 1.82) is 0 Å². The van der Waals surface area contributed by atoms with Crippen molar-refractivity contribution in [2.75, 3.05) is 6.54 Å². The van der Waals surface area contributed by atoms with Crippen LogP contribution in [0.4, 0.5) is 0 Å². The van der Waals surface area contributed by atoms with Crippen LogP contribution in [-0.4, -0.2) is 23.3 Å². The molecule has 0 aromatic heterocycles. The molecule has 1 aromatic rings. The lowest BCUT2D eigenvalue weighted by Crippen LogP contribution is -2.29. The first kappa shape index (κ1) is 9.90. The number of rotatable bonds is 2. The number of nitrogens with zero attached hydrogens (tertiary/aromatic N) is 1. The molecular formula is C12H13NO2. The predicted octanol–water partition coefficient (Wildman–Crippen LogP) is 1.86. The number of amides is 2. The molecule has 0 fully saturated rings. The zero-order valence-corrected chi connectivity index (χ0v) is 8.91. The molecule has 1 aliphatic rings. The van der Waals surface area contributed by atoms with E-state index in [0.29, 0.717) is 17.7 Å². The maximum absolute atomic E-state index is 11.8. The average Bonchev–Trinajstić information content (AvgIpc) is 2.51. The first-order valence-electron chi connectivity index (χ1n) is 5.18. The van der Waals surface area contributed by atoms with Crippen molar-refractivity contribution in [3.63, 3.8) is 0 Å². The topological polar surface area (TPSA) is 37.4 Å². The van der Waals surface area contributed by atoms with Crippen LogP contribution in [0.2, 0.25) is 0 Å². The molecule has 0 unspecified atom stereocenters. The van der Waals surface area contributed by atoms with E-state index in [1.165, 1.54) is 4.90 Å². The Hall–Kier alpha value is -1.64. The summed E-state index contributed by atoms with van der Waals surface area (Å²) in [5.41, 5.74) is 2.19. The van der Waals surface area contributed by atoms with Gasteiger partial charge in [0.2, 0.25) is 0 Å². The van der Waals surface area contributed by atoms with Crippen molar-refractivity contribution in [1.82, 2.24) is 4.90 Å². The van der Waals surface area contributed by atoms with E-state index in [1.54, 1.807) is 6.07 Å². The Kier molecular flexibility index (Phi) is 2.31. The van der Waals surface area contributed by atoms with Crippen LogP contribution in [-0.2, 0) is 6.42 Å². The molecule has 3 nitrogen and oxygen atoms in total. The van der Waals surface area contributed by atoms with Gasteiger partial charge in [0.05, 0.1) is 11.1 Å². The molecule has 2 amide bonds. The normalized spacial score (nSPS) is 14.7. The molecule has 0 radical (unpaired) electrons. The Morgan fingerprint density at radius 3 is 2.33 bits per heavy atom. The van der Waals surface area contributed by atoms with Gasteiger partial charge in [-0.2, -0.15) is 0 Å². The van der Waals surface area contributed by atoms with E-state index >= 15 is 0 Å². The molecule has 0 aliphatic carbocycles. The van der Waals surface area contributed by atoms with E-state index in [0.717, 1.165) is 12.0 Å². The molecule has 1 aromatic carbocycles. The Morgan fingerprint density at radius 2 is 1.73 bits per heavy atom. The summed E-state index contributed by atoms with van der Waals surface area (Å²) in [7, 11) is 0. The number of fused-ring (bicyclic) bond motifs is 1. The van der Waals surface area contributed by atoms with Crippen molar-refractivity contribution in [2.45, 2.75) is 20.3 Å². The van der Waals surface area contributed by atoms with Gasteiger partial charge in [-0.1, -0.05) is 13.0 Å². The lowest BCUT2D eigenvalue weighted by atomic mass is 10.0. The highest BCUT2D eigenvalue weighted by Gasteiger charge is 2.34. The summed E-state index contributed by atoms with van der Waals surface area (Å²) in [6.07, 6.45) is 0.876. The van der Waals surface area contributed by atoms with Gasteiger partial charge in [0.1, 0.15) is 0 Å². The predicted molar refractivity (Wildman–Crippen MR) is 56.9 cm³/mol. The maximum atomic E-state index is 11.8. The van der Waals surface area contributed by atoms with Gasteiger partial charge in [-0.25, -0.2) is 0 Å². The van der Waals surface area contributed by atoms with E-state index in [1.807, 2.05) is 26.0 Å². The van der Waals surface area contributed by atoms with Crippen molar-refractivity contribution in [3.05, 3.63) is 34.9 Å². The third-order valence-electron chi connectivity index (χ3n) is 2.76. The molecule has 0 saturated heterocycles. The van der Waals surface area contributed by atoms with Crippen molar-refractivity contribution < 1.29 is 9.59 Å². The number of carbonyl (C=O) groups excluding carboxylic acids is 2. The van der Waals surface area contributed by atoms with Crippen LogP contribution in [0.25, 0.3) is 0 Å². The van der Waals surface area contributed by atoms with Gasteiger partial charge in [0.15, 0.2) is 0 Å². The summed E-state index contributed by atoms with van der Waals surface area (Å²) in [6, 6.07) is 5.48. The second kappa shape index (κ2) is 3.50. The molecule has 0 spiro atoms. The number of hydrogen-bond acceptors (Lipinski definition) is 2. The molecule has 2 rings (SSSR count). The number of imide groups is 1. The maximum Gasteiger partial charge on any atom is 0.261 e. The first-order valence-corrected chi connectivity index (χ1v) is 5.18. The molecular weight excluding hydrogens is 190 g/mol.